The summed E-state index contributed by atoms with van der Waals surface area (Å²) in [4.78, 5) is 10.2. The number of ether oxygens (including phenoxy) is 3. The van der Waals surface area contributed by atoms with Crippen LogP contribution in [0.2, 0.25) is 0 Å². The summed E-state index contributed by atoms with van der Waals surface area (Å²) < 4.78 is 15.0. The smallest absolute Gasteiger partial charge is 0.154 e. The zero-order valence-electron chi connectivity index (χ0n) is 11.5. The van der Waals surface area contributed by atoms with Crippen LogP contribution in [0.1, 0.15) is 31.1 Å². The molecule has 4 nitrogen and oxygen atoms in total. The molecule has 0 bridgehead atoms. The maximum Gasteiger partial charge on any atom is 0.154 e. The molecule has 1 aromatic rings. The monoisotopic (exact) mass is 254 g/mol. The lowest BCUT2D eigenvalue weighted by atomic mass is 10.2. The van der Waals surface area contributed by atoms with Gasteiger partial charge in [-0.2, -0.15) is 0 Å². The van der Waals surface area contributed by atoms with Gasteiger partial charge >= 0.3 is 0 Å². The lowest BCUT2D eigenvalue weighted by Gasteiger charge is -2.09. The Morgan fingerprint density at radius 1 is 1.11 bits per heavy atom. The fourth-order valence-corrected chi connectivity index (χ4v) is 1.20. The zero-order chi connectivity index (χ0) is 13.8. The lowest BCUT2D eigenvalue weighted by molar-refractivity contribution is -0.123. The minimum atomic E-state index is -0.0370. The summed E-state index contributed by atoms with van der Waals surface area (Å²) >= 11 is 0. The lowest BCUT2D eigenvalue weighted by Crippen LogP contribution is -2.11. The molecule has 0 N–H and O–H groups in total. The summed E-state index contributed by atoms with van der Waals surface area (Å²) in [5, 5.41) is 0. The van der Waals surface area contributed by atoms with E-state index < -0.39 is 0 Å². The fourth-order valence-electron chi connectivity index (χ4n) is 1.20. The molecule has 0 heterocycles. The van der Waals surface area contributed by atoms with Gasteiger partial charge in [0.25, 0.3) is 0 Å². The molecule has 0 fully saturated rings. The van der Waals surface area contributed by atoms with E-state index in [0.717, 1.165) is 25.2 Å². The van der Waals surface area contributed by atoms with Crippen molar-refractivity contribution >= 4 is 6.29 Å². The SMILES string of the molecule is CCOC(C)OCC.COc1ccc(C=O)cc1. The fraction of sp³-hybridized carbons (Fsp3) is 0.500. The summed E-state index contributed by atoms with van der Waals surface area (Å²) in [7, 11) is 1.59. The Morgan fingerprint density at radius 2 is 1.61 bits per heavy atom. The molecular weight excluding hydrogens is 232 g/mol. The molecule has 0 spiro atoms. The van der Waals surface area contributed by atoms with E-state index in [1.807, 2.05) is 20.8 Å². The van der Waals surface area contributed by atoms with Crippen molar-refractivity contribution in [2.75, 3.05) is 20.3 Å². The Hall–Kier alpha value is -1.39. The van der Waals surface area contributed by atoms with Gasteiger partial charge in [-0.1, -0.05) is 0 Å². The maximum absolute atomic E-state index is 10.2. The second kappa shape index (κ2) is 10.7. The Labute approximate surface area is 109 Å². The molecule has 0 aromatic heterocycles. The van der Waals surface area contributed by atoms with Crippen molar-refractivity contribution in [1.82, 2.24) is 0 Å². The highest BCUT2D eigenvalue weighted by atomic mass is 16.7. The van der Waals surface area contributed by atoms with Crippen molar-refractivity contribution in [2.24, 2.45) is 0 Å². The highest BCUT2D eigenvalue weighted by molar-refractivity contribution is 5.74. The molecule has 1 rings (SSSR count). The summed E-state index contributed by atoms with van der Waals surface area (Å²) in [5.74, 6) is 0.769. The molecule has 0 amide bonds. The largest absolute Gasteiger partial charge is 0.497 e. The number of rotatable bonds is 6. The molecule has 4 heteroatoms. The molecule has 0 aliphatic carbocycles. The summed E-state index contributed by atoms with van der Waals surface area (Å²) in [6.45, 7) is 7.25. The summed E-state index contributed by atoms with van der Waals surface area (Å²) in [5.41, 5.74) is 0.667. The molecule has 0 aliphatic heterocycles. The quantitative estimate of drug-likeness (QED) is 0.578. The highest BCUT2D eigenvalue weighted by Gasteiger charge is 1.94. The molecule has 0 radical (unpaired) electrons. The minimum absolute atomic E-state index is 0.0370. The highest BCUT2D eigenvalue weighted by Crippen LogP contribution is 2.09. The van der Waals surface area contributed by atoms with Gasteiger partial charge in [-0.25, -0.2) is 0 Å². The topological polar surface area (TPSA) is 44.8 Å². The van der Waals surface area contributed by atoms with Crippen molar-refractivity contribution in [3.63, 3.8) is 0 Å². The number of benzene rings is 1. The van der Waals surface area contributed by atoms with Crippen LogP contribution in [0.25, 0.3) is 0 Å². The van der Waals surface area contributed by atoms with Crippen LogP contribution in [0.5, 0.6) is 5.75 Å². The van der Waals surface area contributed by atoms with Gasteiger partial charge in [-0.05, 0) is 45.0 Å². The van der Waals surface area contributed by atoms with E-state index in [-0.39, 0.29) is 6.29 Å². The van der Waals surface area contributed by atoms with Gasteiger partial charge < -0.3 is 14.2 Å². The zero-order valence-corrected chi connectivity index (χ0v) is 11.5. The standard InChI is InChI=1S/C8H8O2.C6H14O2/c1-10-8-4-2-7(6-9)3-5-8;1-4-7-6(3)8-5-2/h2-6H,1H3;6H,4-5H2,1-3H3. The first-order valence-electron chi connectivity index (χ1n) is 6.00. The molecule has 0 unspecified atom stereocenters. The third-order valence-electron chi connectivity index (χ3n) is 2.05. The third-order valence-corrected chi connectivity index (χ3v) is 2.05. The predicted molar refractivity (Wildman–Crippen MR) is 71.1 cm³/mol. The van der Waals surface area contributed by atoms with Crippen molar-refractivity contribution < 1.29 is 19.0 Å². The van der Waals surface area contributed by atoms with Gasteiger partial charge in [0.05, 0.1) is 7.11 Å². The average Bonchev–Trinajstić information content (AvgIpc) is 2.40. The van der Waals surface area contributed by atoms with E-state index in [1.54, 1.807) is 31.4 Å². The van der Waals surface area contributed by atoms with Gasteiger partial charge in [-0.3, -0.25) is 4.79 Å². The van der Waals surface area contributed by atoms with Crippen molar-refractivity contribution in [3.05, 3.63) is 29.8 Å². The number of aldehydes is 1. The Balaban J connectivity index is 0.000000331. The van der Waals surface area contributed by atoms with Crippen LogP contribution in [0.4, 0.5) is 0 Å². The van der Waals surface area contributed by atoms with Gasteiger partial charge in [0.2, 0.25) is 0 Å². The first-order valence-corrected chi connectivity index (χ1v) is 6.00. The number of hydrogen-bond donors (Lipinski definition) is 0. The van der Waals surface area contributed by atoms with Crippen LogP contribution in [0, 0.1) is 0 Å². The normalized spacial score (nSPS) is 9.61. The van der Waals surface area contributed by atoms with Crippen molar-refractivity contribution in [3.8, 4) is 5.75 Å². The van der Waals surface area contributed by atoms with Crippen molar-refractivity contribution in [1.29, 1.82) is 0 Å². The minimum Gasteiger partial charge on any atom is -0.497 e. The van der Waals surface area contributed by atoms with E-state index in [9.17, 15) is 4.79 Å². The van der Waals surface area contributed by atoms with Crippen LogP contribution < -0.4 is 4.74 Å². The number of hydrogen-bond acceptors (Lipinski definition) is 4. The molecule has 0 atom stereocenters. The molecular formula is C14H22O4. The van der Waals surface area contributed by atoms with Crippen LogP contribution in [0.15, 0.2) is 24.3 Å². The first-order chi connectivity index (χ1) is 8.67. The van der Waals surface area contributed by atoms with Crippen LogP contribution >= 0.6 is 0 Å². The van der Waals surface area contributed by atoms with Gasteiger partial charge in [0, 0.05) is 18.8 Å². The summed E-state index contributed by atoms with van der Waals surface area (Å²) in [6.07, 6.45) is 0.768. The van der Waals surface area contributed by atoms with E-state index in [0.29, 0.717) is 5.56 Å². The average molecular weight is 254 g/mol. The van der Waals surface area contributed by atoms with Crippen LogP contribution in [-0.4, -0.2) is 32.9 Å². The summed E-state index contributed by atoms with van der Waals surface area (Å²) in [6, 6.07) is 6.94. The predicted octanol–water partition coefficient (Wildman–Crippen LogP) is 2.91. The number of carbonyl (C=O) groups is 1. The first kappa shape index (κ1) is 16.6. The molecule has 0 aliphatic rings. The van der Waals surface area contributed by atoms with Gasteiger partial charge in [0.1, 0.15) is 12.0 Å². The van der Waals surface area contributed by atoms with E-state index >= 15 is 0 Å². The maximum atomic E-state index is 10.2. The van der Waals surface area contributed by atoms with E-state index in [2.05, 4.69) is 0 Å². The molecule has 18 heavy (non-hydrogen) atoms. The second-order valence-corrected chi connectivity index (χ2v) is 3.37. The van der Waals surface area contributed by atoms with E-state index in [1.165, 1.54) is 0 Å². The van der Waals surface area contributed by atoms with E-state index in [4.69, 9.17) is 14.2 Å². The van der Waals surface area contributed by atoms with Gasteiger partial charge in [-0.15, -0.1) is 0 Å². The van der Waals surface area contributed by atoms with Crippen LogP contribution in [-0.2, 0) is 9.47 Å². The molecule has 0 saturated heterocycles. The Bertz CT molecular complexity index is 302. The number of methoxy groups -OCH3 is 1. The second-order valence-electron chi connectivity index (χ2n) is 3.37. The van der Waals surface area contributed by atoms with Gasteiger partial charge in [0.15, 0.2) is 6.29 Å². The van der Waals surface area contributed by atoms with Crippen molar-refractivity contribution in [2.45, 2.75) is 27.1 Å². The third kappa shape index (κ3) is 7.81. The molecule has 0 saturated carbocycles. The number of carbonyl (C=O) groups excluding carboxylic acids is 1. The molecule has 102 valence electrons. The molecule has 1 aromatic carbocycles. The Morgan fingerprint density at radius 3 is 1.94 bits per heavy atom. The van der Waals surface area contributed by atoms with Crippen LogP contribution in [0.3, 0.4) is 0 Å². The Kier molecular flexibility index (Phi) is 9.91.